The largest absolute Gasteiger partial charge is 0.384 e. The average molecular weight is 366 g/mol. The van der Waals surface area contributed by atoms with Gasteiger partial charge in [0.05, 0.1) is 16.8 Å². The second kappa shape index (κ2) is 6.48. The first-order valence-corrected chi connectivity index (χ1v) is 9.63. The van der Waals surface area contributed by atoms with Crippen molar-refractivity contribution in [3.05, 3.63) is 65.2 Å². The minimum atomic E-state index is -3.54. The van der Waals surface area contributed by atoms with E-state index in [-0.39, 0.29) is 17.4 Å². The first-order chi connectivity index (χ1) is 11.5. The third-order valence-electron chi connectivity index (χ3n) is 4.81. The van der Waals surface area contributed by atoms with Crippen LogP contribution in [0.1, 0.15) is 11.5 Å². The second-order valence-electron chi connectivity index (χ2n) is 6.18. The maximum absolute atomic E-state index is 13.2. The zero-order valence-electron chi connectivity index (χ0n) is 13.4. The van der Waals surface area contributed by atoms with Crippen LogP contribution in [-0.4, -0.2) is 33.9 Å². The van der Waals surface area contributed by atoms with Crippen LogP contribution in [0.3, 0.4) is 0 Å². The molecule has 0 aliphatic heterocycles. The highest BCUT2D eigenvalue weighted by Gasteiger charge is 2.70. The summed E-state index contributed by atoms with van der Waals surface area (Å²) in [5, 5.41) is -0.0927. The smallest absolute Gasteiger partial charge is 0.182 e. The molecule has 6 heteroatoms. The van der Waals surface area contributed by atoms with Crippen molar-refractivity contribution in [2.24, 2.45) is 11.1 Å². The Kier molecular flexibility index (Phi) is 4.71. The van der Waals surface area contributed by atoms with Crippen LogP contribution in [0.4, 0.5) is 0 Å². The van der Waals surface area contributed by atoms with Crippen molar-refractivity contribution in [3.63, 3.8) is 0 Å². The summed E-state index contributed by atoms with van der Waals surface area (Å²) in [7, 11) is -1.97. The summed E-state index contributed by atoms with van der Waals surface area (Å²) >= 11 is 5.88. The van der Waals surface area contributed by atoms with Gasteiger partial charge in [0.25, 0.3) is 0 Å². The molecule has 0 spiro atoms. The van der Waals surface area contributed by atoms with E-state index in [1.165, 1.54) is 0 Å². The summed E-state index contributed by atoms with van der Waals surface area (Å²) in [4.78, 5) is 0.268. The predicted molar refractivity (Wildman–Crippen MR) is 95.0 cm³/mol. The molecule has 2 aromatic carbocycles. The Morgan fingerprint density at radius 1 is 1.12 bits per heavy atom. The zero-order chi connectivity index (χ0) is 17.4. The van der Waals surface area contributed by atoms with Crippen molar-refractivity contribution in [1.82, 2.24) is 0 Å². The summed E-state index contributed by atoms with van der Waals surface area (Å²) in [6, 6.07) is 15.9. The van der Waals surface area contributed by atoms with Crippen LogP contribution >= 0.6 is 11.6 Å². The van der Waals surface area contributed by atoms with Gasteiger partial charge < -0.3 is 10.5 Å². The van der Waals surface area contributed by atoms with Crippen LogP contribution in [0.2, 0.25) is 5.02 Å². The van der Waals surface area contributed by atoms with Gasteiger partial charge in [0.1, 0.15) is 0 Å². The number of hydrogen-bond donors (Lipinski definition) is 1. The SMILES string of the molecule is COC[C@@]1(CN)[C@@H](c2ccccc2)[C@@H]1S(=O)(=O)c1ccc(Cl)cc1. The molecule has 1 aliphatic rings. The fourth-order valence-corrected chi connectivity index (χ4v) is 6.19. The van der Waals surface area contributed by atoms with Gasteiger partial charge in [-0.3, -0.25) is 0 Å². The minimum absolute atomic E-state index is 0.177. The maximum atomic E-state index is 13.2. The molecule has 0 heterocycles. The summed E-state index contributed by atoms with van der Waals surface area (Å²) in [6.45, 7) is 0.554. The molecule has 24 heavy (non-hydrogen) atoms. The summed E-state index contributed by atoms with van der Waals surface area (Å²) in [6.07, 6.45) is 0. The second-order valence-corrected chi connectivity index (χ2v) is 8.68. The Labute approximate surface area is 147 Å². The van der Waals surface area contributed by atoms with E-state index in [9.17, 15) is 8.42 Å². The number of sulfone groups is 1. The maximum Gasteiger partial charge on any atom is 0.182 e. The quantitative estimate of drug-likeness (QED) is 0.854. The molecule has 0 amide bonds. The molecule has 0 bridgehead atoms. The number of ether oxygens (including phenoxy) is 1. The first-order valence-electron chi connectivity index (χ1n) is 7.71. The van der Waals surface area contributed by atoms with Gasteiger partial charge in [-0.2, -0.15) is 0 Å². The molecule has 0 radical (unpaired) electrons. The van der Waals surface area contributed by atoms with E-state index in [0.717, 1.165) is 5.56 Å². The molecule has 1 aliphatic carbocycles. The fourth-order valence-electron chi connectivity index (χ4n) is 3.62. The number of benzene rings is 2. The normalized spacial score (nSPS) is 26.3. The Morgan fingerprint density at radius 3 is 2.29 bits per heavy atom. The molecule has 1 saturated carbocycles. The molecular formula is C18H20ClNO3S. The van der Waals surface area contributed by atoms with Crippen molar-refractivity contribution < 1.29 is 13.2 Å². The van der Waals surface area contributed by atoms with Crippen LogP contribution in [0.25, 0.3) is 0 Å². The lowest BCUT2D eigenvalue weighted by molar-refractivity contribution is 0.142. The summed E-state index contributed by atoms with van der Waals surface area (Å²) in [5.41, 5.74) is 6.38. The van der Waals surface area contributed by atoms with Gasteiger partial charge in [0.15, 0.2) is 9.84 Å². The fraction of sp³-hybridized carbons (Fsp3) is 0.333. The van der Waals surface area contributed by atoms with Gasteiger partial charge in [-0.25, -0.2) is 8.42 Å². The van der Waals surface area contributed by atoms with E-state index in [4.69, 9.17) is 22.1 Å². The highest BCUT2D eigenvalue weighted by Crippen LogP contribution is 2.63. The molecular weight excluding hydrogens is 346 g/mol. The van der Waals surface area contributed by atoms with E-state index in [0.29, 0.717) is 11.6 Å². The Bertz CT molecular complexity index is 808. The number of hydrogen-bond acceptors (Lipinski definition) is 4. The Morgan fingerprint density at radius 2 is 1.75 bits per heavy atom. The van der Waals surface area contributed by atoms with Gasteiger partial charge >= 0.3 is 0 Å². The molecule has 2 N–H and O–H groups in total. The molecule has 3 atom stereocenters. The van der Waals surface area contributed by atoms with Crippen molar-refractivity contribution in [3.8, 4) is 0 Å². The average Bonchev–Trinajstić information content (AvgIpc) is 3.26. The van der Waals surface area contributed by atoms with Crippen LogP contribution in [0.15, 0.2) is 59.5 Å². The van der Waals surface area contributed by atoms with Gasteiger partial charge in [-0.05, 0) is 29.8 Å². The number of rotatable bonds is 6. The lowest BCUT2D eigenvalue weighted by Gasteiger charge is -2.15. The van der Waals surface area contributed by atoms with Crippen molar-refractivity contribution in [2.75, 3.05) is 20.3 Å². The van der Waals surface area contributed by atoms with Crippen LogP contribution in [0.5, 0.6) is 0 Å². The molecule has 4 nitrogen and oxygen atoms in total. The van der Waals surface area contributed by atoms with Crippen LogP contribution in [0, 0.1) is 5.41 Å². The third-order valence-corrected chi connectivity index (χ3v) is 7.40. The summed E-state index contributed by atoms with van der Waals surface area (Å²) < 4.78 is 31.7. The topological polar surface area (TPSA) is 69.4 Å². The Balaban J connectivity index is 2.05. The van der Waals surface area contributed by atoms with Gasteiger partial charge in [0.2, 0.25) is 0 Å². The van der Waals surface area contributed by atoms with Crippen molar-refractivity contribution >= 4 is 21.4 Å². The lowest BCUT2D eigenvalue weighted by atomic mass is 10.0. The number of halogens is 1. The van der Waals surface area contributed by atoms with Crippen molar-refractivity contribution in [1.29, 1.82) is 0 Å². The molecule has 2 aromatic rings. The standard InChI is InChI=1S/C18H20ClNO3S/c1-23-12-18(11-20)16(13-5-3-2-4-6-13)17(18)24(21,22)15-9-7-14(19)8-10-15/h2-10,16-17H,11-12,20H2,1H3/t16-,17-,18-/m0/s1. The molecule has 0 aromatic heterocycles. The zero-order valence-corrected chi connectivity index (χ0v) is 14.9. The summed E-state index contributed by atoms with van der Waals surface area (Å²) in [5.74, 6) is -0.177. The van der Waals surface area contributed by atoms with E-state index >= 15 is 0 Å². The highest BCUT2D eigenvalue weighted by molar-refractivity contribution is 7.92. The molecule has 0 saturated heterocycles. The van der Waals surface area contributed by atoms with Gasteiger partial charge in [0, 0.05) is 30.0 Å². The van der Waals surface area contributed by atoms with E-state index in [1.807, 2.05) is 30.3 Å². The van der Waals surface area contributed by atoms with Gasteiger partial charge in [-0.1, -0.05) is 41.9 Å². The van der Waals surface area contributed by atoms with E-state index < -0.39 is 20.5 Å². The molecule has 0 unspecified atom stereocenters. The van der Waals surface area contributed by atoms with E-state index in [1.54, 1.807) is 31.4 Å². The van der Waals surface area contributed by atoms with Gasteiger partial charge in [-0.15, -0.1) is 0 Å². The Hall–Kier alpha value is -1.40. The first kappa shape index (κ1) is 17.4. The monoisotopic (exact) mass is 365 g/mol. The third kappa shape index (κ3) is 2.75. The van der Waals surface area contributed by atoms with Crippen LogP contribution < -0.4 is 5.73 Å². The highest BCUT2D eigenvalue weighted by atomic mass is 35.5. The number of methoxy groups -OCH3 is 1. The predicted octanol–water partition coefficient (Wildman–Crippen LogP) is 2.87. The number of nitrogens with two attached hydrogens (primary N) is 1. The minimum Gasteiger partial charge on any atom is -0.384 e. The molecule has 128 valence electrons. The van der Waals surface area contributed by atoms with E-state index in [2.05, 4.69) is 0 Å². The molecule has 1 fully saturated rings. The van der Waals surface area contributed by atoms with Crippen LogP contribution in [-0.2, 0) is 14.6 Å². The molecule has 3 rings (SSSR count). The lowest BCUT2D eigenvalue weighted by Crippen LogP contribution is -2.28. The van der Waals surface area contributed by atoms with Crippen molar-refractivity contribution in [2.45, 2.75) is 16.1 Å².